The molecule has 0 spiro atoms. The number of benzene rings is 2. The molecule has 3 nitrogen and oxygen atoms in total. The lowest BCUT2D eigenvalue weighted by atomic mass is 10.1. The van der Waals surface area contributed by atoms with Crippen molar-refractivity contribution >= 4 is 22.4 Å². The predicted octanol–water partition coefficient (Wildman–Crippen LogP) is 3.59. The van der Waals surface area contributed by atoms with Crippen LogP contribution in [0.25, 0.3) is 16.5 Å². The van der Waals surface area contributed by atoms with Crippen LogP contribution in [0.4, 0.5) is 5.69 Å². The average Bonchev–Trinajstić information content (AvgIpc) is 2.91. The third kappa shape index (κ3) is 2.10. The van der Waals surface area contributed by atoms with Crippen molar-refractivity contribution in [3.63, 3.8) is 0 Å². The predicted molar refractivity (Wildman–Crippen MR) is 77.6 cm³/mol. The van der Waals surface area contributed by atoms with E-state index in [1.54, 1.807) is 0 Å². The fourth-order valence-corrected chi connectivity index (χ4v) is 2.33. The number of fused-ring (bicyclic) bond motifs is 1. The fraction of sp³-hybridized carbons (Fsp3) is 0.0625. The standard InChI is InChI=1S/C16H14N2O/c1-12(19)17-14-8-4-6-13-7-5-9-15(16(13)14)18-10-2-3-11-18/h2-11H,1H3,(H,17,19). The van der Waals surface area contributed by atoms with E-state index < -0.39 is 0 Å². The highest BCUT2D eigenvalue weighted by atomic mass is 16.1. The molecule has 3 rings (SSSR count). The number of hydrogen-bond acceptors (Lipinski definition) is 1. The van der Waals surface area contributed by atoms with Crippen molar-refractivity contribution in [2.45, 2.75) is 6.92 Å². The van der Waals surface area contributed by atoms with Gasteiger partial charge >= 0.3 is 0 Å². The van der Waals surface area contributed by atoms with Crippen LogP contribution in [0, 0.1) is 0 Å². The maximum absolute atomic E-state index is 11.3. The van der Waals surface area contributed by atoms with Gasteiger partial charge in [-0.1, -0.05) is 24.3 Å². The SMILES string of the molecule is CC(=O)Nc1cccc2cccc(-n3cccc3)c12. The molecule has 0 saturated carbocycles. The van der Waals surface area contributed by atoms with Crippen LogP contribution in [0.2, 0.25) is 0 Å². The van der Waals surface area contributed by atoms with Crippen molar-refractivity contribution < 1.29 is 4.79 Å². The van der Waals surface area contributed by atoms with Gasteiger partial charge in [-0.2, -0.15) is 0 Å². The topological polar surface area (TPSA) is 34.0 Å². The van der Waals surface area contributed by atoms with E-state index in [1.807, 2.05) is 65.5 Å². The van der Waals surface area contributed by atoms with Gasteiger partial charge in [-0.3, -0.25) is 4.79 Å². The lowest BCUT2D eigenvalue weighted by molar-refractivity contribution is -0.114. The molecule has 0 bridgehead atoms. The molecule has 0 saturated heterocycles. The largest absolute Gasteiger partial charge is 0.326 e. The Kier molecular flexibility index (Phi) is 2.80. The molecule has 94 valence electrons. The Labute approximate surface area is 111 Å². The van der Waals surface area contributed by atoms with Gasteiger partial charge in [0.2, 0.25) is 5.91 Å². The summed E-state index contributed by atoms with van der Waals surface area (Å²) in [6.45, 7) is 1.52. The van der Waals surface area contributed by atoms with Gasteiger partial charge in [0, 0.05) is 24.7 Å². The third-order valence-corrected chi connectivity index (χ3v) is 3.08. The van der Waals surface area contributed by atoms with Crippen molar-refractivity contribution in [2.24, 2.45) is 0 Å². The third-order valence-electron chi connectivity index (χ3n) is 3.08. The van der Waals surface area contributed by atoms with Gasteiger partial charge < -0.3 is 9.88 Å². The normalized spacial score (nSPS) is 10.6. The molecule has 0 aliphatic carbocycles. The van der Waals surface area contributed by atoms with Crippen LogP contribution >= 0.6 is 0 Å². The lowest BCUT2D eigenvalue weighted by Crippen LogP contribution is -2.07. The highest BCUT2D eigenvalue weighted by Gasteiger charge is 2.08. The molecular weight excluding hydrogens is 236 g/mol. The zero-order valence-corrected chi connectivity index (χ0v) is 10.6. The van der Waals surface area contributed by atoms with E-state index in [-0.39, 0.29) is 5.91 Å². The molecule has 0 radical (unpaired) electrons. The van der Waals surface area contributed by atoms with Crippen LogP contribution in [-0.4, -0.2) is 10.5 Å². The first-order chi connectivity index (χ1) is 9.25. The summed E-state index contributed by atoms with van der Waals surface area (Å²) in [5.41, 5.74) is 1.90. The maximum Gasteiger partial charge on any atom is 0.221 e. The van der Waals surface area contributed by atoms with Crippen molar-refractivity contribution in [1.29, 1.82) is 0 Å². The molecule has 1 heterocycles. The quantitative estimate of drug-likeness (QED) is 0.741. The Hall–Kier alpha value is -2.55. The molecular formula is C16H14N2O. The Morgan fingerprint density at radius 1 is 1.00 bits per heavy atom. The van der Waals surface area contributed by atoms with Crippen LogP contribution in [0.15, 0.2) is 60.9 Å². The molecule has 1 N–H and O–H groups in total. The molecule has 1 aromatic heterocycles. The zero-order valence-electron chi connectivity index (χ0n) is 10.6. The molecule has 1 amide bonds. The fourth-order valence-electron chi connectivity index (χ4n) is 2.33. The second-order valence-electron chi connectivity index (χ2n) is 4.45. The molecule has 0 aliphatic rings. The van der Waals surface area contributed by atoms with Crippen LogP contribution < -0.4 is 5.32 Å². The molecule has 3 aromatic rings. The van der Waals surface area contributed by atoms with Gasteiger partial charge in [0.25, 0.3) is 0 Å². The summed E-state index contributed by atoms with van der Waals surface area (Å²) in [4.78, 5) is 11.3. The van der Waals surface area contributed by atoms with Crippen molar-refractivity contribution in [3.8, 4) is 5.69 Å². The zero-order chi connectivity index (χ0) is 13.2. The van der Waals surface area contributed by atoms with E-state index in [0.29, 0.717) is 0 Å². The number of hydrogen-bond donors (Lipinski definition) is 1. The summed E-state index contributed by atoms with van der Waals surface area (Å²) in [7, 11) is 0. The van der Waals surface area contributed by atoms with Crippen LogP contribution in [-0.2, 0) is 4.79 Å². The summed E-state index contributed by atoms with van der Waals surface area (Å²) in [5.74, 6) is -0.0604. The van der Waals surface area contributed by atoms with Gasteiger partial charge in [0.1, 0.15) is 0 Å². The first-order valence-corrected chi connectivity index (χ1v) is 6.18. The van der Waals surface area contributed by atoms with E-state index >= 15 is 0 Å². The van der Waals surface area contributed by atoms with Crippen molar-refractivity contribution in [3.05, 3.63) is 60.9 Å². The minimum atomic E-state index is -0.0604. The number of nitrogens with zero attached hydrogens (tertiary/aromatic N) is 1. The smallest absolute Gasteiger partial charge is 0.221 e. The number of aromatic nitrogens is 1. The number of anilines is 1. The molecule has 0 atom stereocenters. The summed E-state index contributed by atoms with van der Waals surface area (Å²) < 4.78 is 2.05. The number of carbonyl (C=O) groups excluding carboxylic acids is 1. The van der Waals surface area contributed by atoms with Gasteiger partial charge in [-0.15, -0.1) is 0 Å². The van der Waals surface area contributed by atoms with Crippen LogP contribution in [0.1, 0.15) is 6.92 Å². The summed E-state index contributed by atoms with van der Waals surface area (Å²) in [6, 6.07) is 16.0. The summed E-state index contributed by atoms with van der Waals surface area (Å²) in [6.07, 6.45) is 4.00. The number of nitrogens with one attached hydrogen (secondary N) is 1. The maximum atomic E-state index is 11.3. The summed E-state index contributed by atoms with van der Waals surface area (Å²) in [5, 5.41) is 5.06. The Bertz CT molecular complexity index is 724. The first kappa shape index (κ1) is 11.5. The number of amides is 1. The Morgan fingerprint density at radius 2 is 1.68 bits per heavy atom. The van der Waals surface area contributed by atoms with Gasteiger partial charge in [0.05, 0.1) is 11.4 Å². The molecule has 0 unspecified atom stereocenters. The first-order valence-electron chi connectivity index (χ1n) is 6.18. The van der Waals surface area contributed by atoms with E-state index in [1.165, 1.54) is 6.92 Å². The second kappa shape index (κ2) is 4.61. The number of rotatable bonds is 2. The second-order valence-corrected chi connectivity index (χ2v) is 4.45. The minimum Gasteiger partial charge on any atom is -0.326 e. The highest BCUT2D eigenvalue weighted by molar-refractivity contribution is 6.05. The lowest BCUT2D eigenvalue weighted by Gasteiger charge is -2.12. The number of carbonyl (C=O) groups is 1. The van der Waals surface area contributed by atoms with E-state index in [2.05, 4.69) is 5.32 Å². The monoisotopic (exact) mass is 250 g/mol. The van der Waals surface area contributed by atoms with E-state index in [9.17, 15) is 4.79 Å². The molecule has 19 heavy (non-hydrogen) atoms. The minimum absolute atomic E-state index is 0.0604. The molecule has 0 fully saturated rings. The highest BCUT2D eigenvalue weighted by Crippen LogP contribution is 2.29. The molecule has 0 aliphatic heterocycles. The molecule has 2 aromatic carbocycles. The van der Waals surface area contributed by atoms with E-state index in [0.717, 1.165) is 22.1 Å². The van der Waals surface area contributed by atoms with Gasteiger partial charge in [-0.05, 0) is 29.7 Å². The van der Waals surface area contributed by atoms with Crippen LogP contribution in [0.5, 0.6) is 0 Å². The average molecular weight is 250 g/mol. The van der Waals surface area contributed by atoms with Gasteiger partial charge in [0.15, 0.2) is 0 Å². The molecule has 3 heteroatoms. The van der Waals surface area contributed by atoms with Gasteiger partial charge in [-0.25, -0.2) is 0 Å². The van der Waals surface area contributed by atoms with E-state index in [4.69, 9.17) is 0 Å². The van der Waals surface area contributed by atoms with Crippen LogP contribution in [0.3, 0.4) is 0 Å². The Morgan fingerprint density at radius 3 is 2.37 bits per heavy atom. The van der Waals surface area contributed by atoms with Crippen molar-refractivity contribution in [1.82, 2.24) is 4.57 Å². The summed E-state index contributed by atoms with van der Waals surface area (Å²) >= 11 is 0. The van der Waals surface area contributed by atoms with Crippen molar-refractivity contribution in [2.75, 3.05) is 5.32 Å². The Balaban J connectivity index is 2.30.